The number of thiophene rings is 1. The molecule has 0 saturated carbocycles. The van der Waals surface area contributed by atoms with Gasteiger partial charge in [0.1, 0.15) is 0 Å². The number of piperidine rings is 1. The smallest absolute Gasteiger partial charge is 0.241 e. The van der Waals surface area contributed by atoms with Gasteiger partial charge in [0.05, 0.1) is 11.4 Å². The van der Waals surface area contributed by atoms with E-state index in [0.717, 1.165) is 42.4 Å². The maximum absolute atomic E-state index is 5.39. The van der Waals surface area contributed by atoms with Gasteiger partial charge in [0.2, 0.25) is 11.7 Å². The van der Waals surface area contributed by atoms with E-state index >= 15 is 0 Å². The summed E-state index contributed by atoms with van der Waals surface area (Å²) in [6, 6.07) is 4.76. The molecule has 2 aromatic heterocycles. The molecule has 0 radical (unpaired) electrons. The summed E-state index contributed by atoms with van der Waals surface area (Å²) in [5.41, 5.74) is 0. The van der Waals surface area contributed by atoms with Gasteiger partial charge in [-0.25, -0.2) is 0 Å². The van der Waals surface area contributed by atoms with Gasteiger partial charge >= 0.3 is 0 Å². The van der Waals surface area contributed by atoms with Crippen LogP contribution in [0.5, 0.6) is 0 Å². The lowest BCUT2D eigenvalue weighted by Crippen LogP contribution is -2.43. The number of likely N-dealkylation sites (tertiary alicyclic amines) is 1. The summed E-state index contributed by atoms with van der Waals surface area (Å²) in [6.07, 6.45) is 2.53. The van der Waals surface area contributed by atoms with Gasteiger partial charge < -0.3 is 9.84 Å². The Morgan fingerprint density at radius 3 is 3.24 bits per heavy atom. The Morgan fingerprint density at radius 2 is 2.38 bits per heavy atom. The van der Waals surface area contributed by atoms with Gasteiger partial charge in [0.15, 0.2) is 0 Å². The monoisotopic (exact) mass is 326 g/mol. The second-order valence-electron chi connectivity index (χ2n) is 5.62. The molecule has 1 N–H and O–H groups in total. The van der Waals surface area contributed by atoms with Gasteiger partial charge in [0.25, 0.3) is 0 Å². The van der Waals surface area contributed by atoms with E-state index in [0.29, 0.717) is 5.82 Å². The number of fused-ring (bicyclic) bond motifs is 1. The summed E-state index contributed by atoms with van der Waals surface area (Å²) >= 11 is 1.64. The molecule has 7 heteroatoms. The third-order valence-electron chi connectivity index (χ3n) is 4.31. The Hall–Kier alpha value is -0.950. The van der Waals surface area contributed by atoms with Crippen molar-refractivity contribution in [3.05, 3.63) is 23.4 Å². The van der Waals surface area contributed by atoms with E-state index in [1.807, 2.05) is 17.5 Å². The van der Waals surface area contributed by atoms with E-state index in [1.54, 1.807) is 11.3 Å². The lowest BCUT2D eigenvalue weighted by Gasteiger charge is -2.33. The van der Waals surface area contributed by atoms with E-state index in [2.05, 4.69) is 20.4 Å². The highest BCUT2D eigenvalue weighted by atomic mass is 35.5. The largest absolute Gasteiger partial charge is 0.338 e. The molecule has 0 amide bonds. The number of rotatable bonds is 3. The average Bonchev–Trinajstić information content (AvgIpc) is 3.19. The second kappa shape index (κ2) is 6.44. The minimum absolute atomic E-state index is 0. The minimum Gasteiger partial charge on any atom is -0.338 e. The summed E-state index contributed by atoms with van der Waals surface area (Å²) in [5, 5.41) is 9.70. The predicted molar refractivity (Wildman–Crippen MR) is 84.7 cm³/mol. The molecule has 2 aliphatic rings. The molecule has 0 aliphatic carbocycles. The van der Waals surface area contributed by atoms with Crippen molar-refractivity contribution >= 4 is 23.7 Å². The average molecular weight is 327 g/mol. The molecule has 114 valence electrons. The molecule has 2 atom stereocenters. The van der Waals surface area contributed by atoms with Gasteiger partial charge in [-0.15, -0.1) is 23.7 Å². The van der Waals surface area contributed by atoms with Crippen LogP contribution in [0.2, 0.25) is 0 Å². The Labute approximate surface area is 134 Å². The van der Waals surface area contributed by atoms with Crippen LogP contribution in [0.4, 0.5) is 0 Å². The zero-order valence-electron chi connectivity index (χ0n) is 11.7. The summed E-state index contributed by atoms with van der Waals surface area (Å²) in [5.74, 6) is 2.24. The molecule has 2 aliphatic heterocycles. The maximum atomic E-state index is 5.39. The Morgan fingerprint density at radius 1 is 1.43 bits per heavy atom. The van der Waals surface area contributed by atoms with Crippen molar-refractivity contribution < 1.29 is 4.52 Å². The van der Waals surface area contributed by atoms with Crippen LogP contribution in [0.15, 0.2) is 22.0 Å². The van der Waals surface area contributed by atoms with Crippen molar-refractivity contribution in [2.24, 2.45) is 5.92 Å². The molecule has 2 aromatic rings. The highest BCUT2D eigenvalue weighted by Crippen LogP contribution is 2.26. The highest BCUT2D eigenvalue weighted by molar-refractivity contribution is 7.13. The van der Waals surface area contributed by atoms with Gasteiger partial charge in [-0.1, -0.05) is 11.2 Å². The molecule has 4 rings (SSSR count). The van der Waals surface area contributed by atoms with Crippen LogP contribution >= 0.6 is 23.7 Å². The second-order valence-corrected chi connectivity index (χ2v) is 6.57. The third kappa shape index (κ3) is 3.13. The Kier molecular flexibility index (Phi) is 4.59. The van der Waals surface area contributed by atoms with E-state index in [4.69, 9.17) is 4.52 Å². The van der Waals surface area contributed by atoms with Crippen LogP contribution in [-0.4, -0.2) is 40.7 Å². The zero-order valence-corrected chi connectivity index (χ0v) is 13.3. The van der Waals surface area contributed by atoms with Crippen LogP contribution in [0.3, 0.4) is 0 Å². The van der Waals surface area contributed by atoms with Crippen molar-refractivity contribution in [3.8, 4) is 10.7 Å². The minimum atomic E-state index is 0. The third-order valence-corrected chi connectivity index (χ3v) is 5.17. The van der Waals surface area contributed by atoms with Crippen molar-refractivity contribution in [1.82, 2.24) is 20.4 Å². The first-order chi connectivity index (χ1) is 9.88. The first-order valence-electron chi connectivity index (χ1n) is 7.21. The molecular weight excluding hydrogens is 308 g/mol. The number of nitrogens with one attached hydrogen (secondary N) is 1. The number of nitrogens with zero attached hydrogens (tertiary/aromatic N) is 3. The molecule has 4 heterocycles. The zero-order chi connectivity index (χ0) is 13.4. The topological polar surface area (TPSA) is 54.2 Å². The summed E-state index contributed by atoms with van der Waals surface area (Å²) in [4.78, 5) is 8.02. The molecule has 2 unspecified atom stereocenters. The van der Waals surface area contributed by atoms with Crippen LogP contribution in [0, 0.1) is 5.92 Å². The molecule has 5 nitrogen and oxygen atoms in total. The fourth-order valence-electron chi connectivity index (χ4n) is 3.28. The van der Waals surface area contributed by atoms with Crippen LogP contribution in [0.1, 0.15) is 18.7 Å². The van der Waals surface area contributed by atoms with Crippen molar-refractivity contribution in [2.75, 3.05) is 19.6 Å². The molecule has 0 bridgehead atoms. The molecule has 2 saturated heterocycles. The van der Waals surface area contributed by atoms with Crippen LogP contribution in [0.25, 0.3) is 10.7 Å². The summed E-state index contributed by atoms with van der Waals surface area (Å²) < 4.78 is 5.39. The number of aromatic nitrogens is 2. The van der Waals surface area contributed by atoms with Crippen molar-refractivity contribution in [2.45, 2.75) is 25.4 Å². The first-order valence-corrected chi connectivity index (χ1v) is 8.08. The Bertz CT molecular complexity index is 573. The molecule has 2 fully saturated rings. The number of halogens is 1. The molecular formula is C14H19ClN4OS. The molecule has 0 spiro atoms. The Balaban J connectivity index is 0.00000132. The quantitative estimate of drug-likeness (QED) is 0.938. The van der Waals surface area contributed by atoms with Gasteiger partial charge in [-0.2, -0.15) is 4.98 Å². The van der Waals surface area contributed by atoms with E-state index < -0.39 is 0 Å². The number of hydrogen-bond donors (Lipinski definition) is 1. The number of hydrogen-bond acceptors (Lipinski definition) is 6. The SMILES string of the molecule is Cl.c1csc(-c2noc(CN3CCC4NCCC4C3)n2)c1. The van der Waals surface area contributed by atoms with Crippen molar-refractivity contribution in [3.63, 3.8) is 0 Å². The summed E-state index contributed by atoms with van der Waals surface area (Å²) in [7, 11) is 0. The van der Waals surface area contributed by atoms with Gasteiger partial charge in [0, 0.05) is 19.1 Å². The lowest BCUT2D eigenvalue weighted by molar-refractivity contribution is 0.140. The summed E-state index contributed by atoms with van der Waals surface area (Å²) in [6.45, 7) is 4.22. The van der Waals surface area contributed by atoms with Crippen molar-refractivity contribution in [1.29, 1.82) is 0 Å². The van der Waals surface area contributed by atoms with E-state index in [-0.39, 0.29) is 12.4 Å². The van der Waals surface area contributed by atoms with E-state index in [1.165, 1.54) is 19.4 Å². The van der Waals surface area contributed by atoms with Crippen LogP contribution in [-0.2, 0) is 6.54 Å². The van der Waals surface area contributed by atoms with Gasteiger partial charge in [-0.05, 0) is 36.8 Å². The standard InChI is InChI=1S/C14H18N4OS.ClH/c1-2-12(20-7-1)14-16-13(19-17-14)9-18-6-4-11-10(8-18)3-5-15-11;/h1-2,7,10-11,15H,3-6,8-9H2;1H. The molecule has 0 aromatic carbocycles. The maximum Gasteiger partial charge on any atom is 0.241 e. The highest BCUT2D eigenvalue weighted by Gasteiger charge is 2.32. The lowest BCUT2D eigenvalue weighted by atomic mass is 9.93. The molecule has 21 heavy (non-hydrogen) atoms. The van der Waals surface area contributed by atoms with E-state index in [9.17, 15) is 0 Å². The first kappa shape index (κ1) is 15.0. The fraction of sp³-hybridized carbons (Fsp3) is 0.571. The van der Waals surface area contributed by atoms with Crippen LogP contribution < -0.4 is 5.32 Å². The van der Waals surface area contributed by atoms with Gasteiger partial charge in [-0.3, -0.25) is 4.90 Å². The fourth-order valence-corrected chi connectivity index (χ4v) is 3.93. The normalized spacial score (nSPS) is 25.5. The predicted octanol–water partition coefficient (Wildman–Crippen LogP) is 2.40.